The second-order valence-electron chi connectivity index (χ2n) is 10.1. The van der Waals surface area contributed by atoms with Crippen LogP contribution in [0.4, 0.5) is 19.0 Å². The summed E-state index contributed by atoms with van der Waals surface area (Å²) in [6.45, 7) is 1.47. The topological polar surface area (TPSA) is 86.6 Å². The number of ether oxygens (including phenoxy) is 1. The van der Waals surface area contributed by atoms with Crippen molar-refractivity contribution in [3.05, 3.63) is 59.6 Å². The molecule has 212 valence electrons. The molecule has 11 heteroatoms. The first kappa shape index (κ1) is 28.1. The monoisotopic (exact) mass is 562 g/mol. The summed E-state index contributed by atoms with van der Waals surface area (Å²) in [5.41, 5.74) is 3.39. The fraction of sp³-hybridized carbons (Fsp3) is 0.300. The summed E-state index contributed by atoms with van der Waals surface area (Å²) < 4.78 is 50.4. The van der Waals surface area contributed by atoms with Crippen LogP contribution in [-0.4, -0.2) is 65.3 Å². The van der Waals surface area contributed by atoms with E-state index in [-0.39, 0.29) is 46.1 Å². The van der Waals surface area contributed by atoms with Crippen molar-refractivity contribution in [2.24, 2.45) is 0 Å². The van der Waals surface area contributed by atoms with Gasteiger partial charge < -0.3 is 14.7 Å². The first-order chi connectivity index (χ1) is 19.8. The van der Waals surface area contributed by atoms with Crippen LogP contribution in [0, 0.1) is 24.0 Å². The molecule has 0 atom stereocenters. The Bertz CT molecular complexity index is 1680. The number of hydrazine groups is 1. The summed E-state index contributed by atoms with van der Waals surface area (Å²) >= 11 is 0. The zero-order valence-corrected chi connectivity index (χ0v) is 22.7. The van der Waals surface area contributed by atoms with Gasteiger partial charge in [0.25, 0.3) is 0 Å². The molecule has 0 spiro atoms. The highest BCUT2D eigenvalue weighted by Gasteiger charge is 2.24. The second kappa shape index (κ2) is 12.0. The molecule has 1 fully saturated rings. The molecule has 8 nitrogen and oxygen atoms in total. The zero-order chi connectivity index (χ0) is 29.1. The molecule has 3 heterocycles. The van der Waals surface area contributed by atoms with Crippen LogP contribution in [0.3, 0.4) is 0 Å². The predicted molar refractivity (Wildman–Crippen MR) is 152 cm³/mol. The molecular formula is C30H29F3N6O2. The third kappa shape index (κ3) is 5.75. The summed E-state index contributed by atoms with van der Waals surface area (Å²) in [7, 11) is 3.59. The summed E-state index contributed by atoms with van der Waals surface area (Å²) in [6, 6.07) is 5.20. The lowest BCUT2D eigenvalue weighted by molar-refractivity contribution is 0.306. The fourth-order valence-corrected chi connectivity index (χ4v) is 4.95. The average Bonchev–Trinajstić information content (AvgIpc) is 3.24. The molecule has 0 radical (unpaired) electrons. The maximum absolute atomic E-state index is 16.4. The molecule has 1 aliphatic heterocycles. The molecule has 1 aliphatic rings. The van der Waals surface area contributed by atoms with Gasteiger partial charge in [-0.2, -0.15) is 9.97 Å². The molecule has 0 bridgehead atoms. The lowest BCUT2D eigenvalue weighted by Gasteiger charge is -2.24. The van der Waals surface area contributed by atoms with Crippen molar-refractivity contribution < 1.29 is 23.0 Å². The number of anilines is 1. The number of phenolic OH excluding ortho intramolecular Hbond substituents is 1. The van der Waals surface area contributed by atoms with E-state index in [0.717, 1.165) is 19.3 Å². The van der Waals surface area contributed by atoms with Crippen LogP contribution in [0.2, 0.25) is 0 Å². The normalized spacial score (nSPS) is 14.5. The summed E-state index contributed by atoms with van der Waals surface area (Å²) in [5.74, 6) is 1.03. The maximum atomic E-state index is 16.4. The van der Waals surface area contributed by atoms with Crippen LogP contribution in [0.1, 0.15) is 24.8 Å². The summed E-state index contributed by atoms with van der Waals surface area (Å²) in [4.78, 5) is 15.1. The largest absolute Gasteiger partial charge is 0.508 e. The van der Waals surface area contributed by atoms with E-state index < -0.39 is 11.6 Å². The van der Waals surface area contributed by atoms with Crippen LogP contribution in [0.25, 0.3) is 32.9 Å². The lowest BCUT2D eigenvalue weighted by atomic mass is 9.96. The Hall–Kier alpha value is -4.40. The van der Waals surface area contributed by atoms with Gasteiger partial charge in [0.05, 0.1) is 17.3 Å². The van der Waals surface area contributed by atoms with Crippen molar-refractivity contribution in [3.63, 3.8) is 0 Å². The van der Waals surface area contributed by atoms with E-state index in [4.69, 9.17) is 11.2 Å². The van der Waals surface area contributed by atoms with Crippen molar-refractivity contribution in [2.45, 2.75) is 19.3 Å². The molecule has 5 rings (SSSR count). The zero-order valence-electron chi connectivity index (χ0n) is 22.7. The number of hydrogen-bond donors (Lipinski definition) is 2. The highest BCUT2D eigenvalue weighted by atomic mass is 19.1. The minimum absolute atomic E-state index is 0.0774. The van der Waals surface area contributed by atoms with Gasteiger partial charge in [0.2, 0.25) is 0 Å². The molecule has 2 N–H and O–H groups in total. The third-order valence-corrected chi connectivity index (χ3v) is 6.77. The van der Waals surface area contributed by atoms with Gasteiger partial charge in [-0.15, -0.1) is 6.42 Å². The quantitative estimate of drug-likeness (QED) is 0.301. The Kier molecular flexibility index (Phi) is 8.23. The number of benzene rings is 2. The molecule has 0 amide bonds. The Morgan fingerprint density at radius 3 is 2.80 bits per heavy atom. The number of phenols is 1. The SMILES string of the molecule is C#Cc1c(F)ccc2cc(O)cc(-c3ncc4c(N5CCCCCN5)nc(OC/C(=C/F)CN(C)C)nc4c3F)c12. The Morgan fingerprint density at radius 2 is 2.05 bits per heavy atom. The van der Waals surface area contributed by atoms with Gasteiger partial charge in [0, 0.05) is 42.4 Å². The molecule has 4 aromatic rings. The number of hydrogen-bond acceptors (Lipinski definition) is 8. The van der Waals surface area contributed by atoms with Gasteiger partial charge >= 0.3 is 6.01 Å². The van der Waals surface area contributed by atoms with Crippen molar-refractivity contribution in [2.75, 3.05) is 45.3 Å². The molecule has 1 saturated heterocycles. The Morgan fingerprint density at radius 1 is 1.22 bits per heavy atom. The van der Waals surface area contributed by atoms with Gasteiger partial charge in [0.1, 0.15) is 29.4 Å². The van der Waals surface area contributed by atoms with Crippen molar-refractivity contribution in [3.8, 4) is 35.4 Å². The molecule has 0 unspecified atom stereocenters. The number of pyridine rings is 1. The number of terminal acetylenes is 1. The highest BCUT2D eigenvalue weighted by molar-refractivity contribution is 6.03. The average molecular weight is 563 g/mol. The smallest absolute Gasteiger partial charge is 0.319 e. The minimum Gasteiger partial charge on any atom is -0.508 e. The maximum Gasteiger partial charge on any atom is 0.319 e. The van der Waals surface area contributed by atoms with Gasteiger partial charge in [-0.25, -0.2) is 18.6 Å². The fourth-order valence-electron chi connectivity index (χ4n) is 4.95. The van der Waals surface area contributed by atoms with E-state index in [1.807, 2.05) is 5.01 Å². The first-order valence-corrected chi connectivity index (χ1v) is 13.2. The standard InChI is InChI=1S/C30H29F3N6O2/c1-4-21-24(32)9-8-19-12-20(40)13-22(25(19)21)27-26(33)28-23(15-34-27)29(39-11-7-5-6-10-35-39)37-30(36-28)41-17-18(14-31)16-38(2)3/h1,8-9,12-15,35,40H,5-7,10-11,16-17H2,2-3H3/b18-14+. The molecule has 2 aromatic carbocycles. The van der Waals surface area contributed by atoms with Crippen LogP contribution >= 0.6 is 0 Å². The van der Waals surface area contributed by atoms with Crippen molar-refractivity contribution >= 4 is 27.5 Å². The van der Waals surface area contributed by atoms with E-state index >= 15 is 4.39 Å². The molecule has 0 saturated carbocycles. The Labute approximate surface area is 235 Å². The molecular weight excluding hydrogens is 533 g/mol. The number of rotatable bonds is 7. The van der Waals surface area contributed by atoms with Crippen LogP contribution in [-0.2, 0) is 0 Å². The van der Waals surface area contributed by atoms with E-state index in [1.165, 1.54) is 30.5 Å². The van der Waals surface area contributed by atoms with E-state index in [1.54, 1.807) is 19.0 Å². The highest BCUT2D eigenvalue weighted by Crippen LogP contribution is 2.38. The lowest BCUT2D eigenvalue weighted by Crippen LogP contribution is -2.38. The summed E-state index contributed by atoms with van der Waals surface area (Å²) in [5, 5.41) is 13.2. The van der Waals surface area contributed by atoms with E-state index in [9.17, 15) is 13.9 Å². The van der Waals surface area contributed by atoms with Gasteiger partial charge in [-0.05, 0) is 50.5 Å². The van der Waals surface area contributed by atoms with Crippen molar-refractivity contribution in [1.29, 1.82) is 0 Å². The van der Waals surface area contributed by atoms with Crippen LogP contribution < -0.4 is 15.2 Å². The predicted octanol–water partition coefficient (Wildman–Crippen LogP) is 5.10. The number of aromatic hydroxyl groups is 1. The minimum atomic E-state index is -0.834. The van der Waals surface area contributed by atoms with E-state index in [0.29, 0.717) is 48.1 Å². The second-order valence-corrected chi connectivity index (χ2v) is 10.1. The first-order valence-electron chi connectivity index (χ1n) is 13.2. The number of fused-ring (bicyclic) bond motifs is 2. The molecule has 2 aromatic heterocycles. The number of halogens is 3. The third-order valence-electron chi connectivity index (χ3n) is 6.77. The molecule has 0 aliphatic carbocycles. The number of nitrogens with one attached hydrogen (secondary N) is 1. The summed E-state index contributed by atoms with van der Waals surface area (Å²) in [6.07, 6.45) is 10.4. The Balaban J connectivity index is 1.70. The molecule has 41 heavy (non-hydrogen) atoms. The van der Waals surface area contributed by atoms with E-state index in [2.05, 4.69) is 26.3 Å². The van der Waals surface area contributed by atoms with Crippen LogP contribution in [0.15, 0.2) is 42.4 Å². The van der Waals surface area contributed by atoms with Crippen molar-refractivity contribution in [1.82, 2.24) is 25.3 Å². The number of nitrogens with zero attached hydrogens (tertiary/aromatic N) is 5. The number of likely N-dealkylation sites (N-methyl/N-ethyl adjacent to an activating group) is 1. The van der Waals surface area contributed by atoms with Crippen LogP contribution in [0.5, 0.6) is 11.8 Å². The van der Waals surface area contributed by atoms with Gasteiger partial charge in [0.15, 0.2) is 11.6 Å². The van der Waals surface area contributed by atoms with Gasteiger partial charge in [-0.3, -0.25) is 9.99 Å². The van der Waals surface area contributed by atoms with Gasteiger partial charge in [-0.1, -0.05) is 18.4 Å². The number of aromatic nitrogens is 3.